The quantitative estimate of drug-likeness (QED) is 0.591. The molecule has 0 saturated carbocycles. The van der Waals surface area contributed by atoms with Crippen molar-refractivity contribution in [2.24, 2.45) is 5.73 Å². The summed E-state index contributed by atoms with van der Waals surface area (Å²) >= 11 is 0. The van der Waals surface area contributed by atoms with Crippen molar-refractivity contribution < 1.29 is 27.4 Å². The highest BCUT2D eigenvalue weighted by Gasteiger charge is 2.27. The Bertz CT molecular complexity index is 464. The fourth-order valence-electron chi connectivity index (χ4n) is 1.39. The van der Waals surface area contributed by atoms with Crippen LogP contribution in [0.25, 0.3) is 0 Å². The Morgan fingerprint density at radius 2 is 1.95 bits per heavy atom. The third kappa shape index (κ3) is 5.79. The van der Waals surface area contributed by atoms with Crippen molar-refractivity contribution in [3.63, 3.8) is 0 Å². The summed E-state index contributed by atoms with van der Waals surface area (Å²) in [5, 5.41) is 0. The highest BCUT2D eigenvalue weighted by molar-refractivity contribution is 5.96. The van der Waals surface area contributed by atoms with E-state index in [1.807, 2.05) is 0 Å². The zero-order valence-electron chi connectivity index (χ0n) is 10.6. The summed E-state index contributed by atoms with van der Waals surface area (Å²) in [6, 6.07) is 4.35. The molecule has 1 aromatic rings. The van der Waals surface area contributed by atoms with Gasteiger partial charge < -0.3 is 20.9 Å². The second-order valence-electron chi connectivity index (χ2n) is 3.99. The van der Waals surface area contributed by atoms with E-state index in [9.17, 15) is 18.0 Å². The summed E-state index contributed by atoms with van der Waals surface area (Å²) in [5.41, 5.74) is 11.3. The number of anilines is 1. The minimum Gasteiger partial charge on any atom is -0.493 e. The predicted octanol–water partition coefficient (Wildman–Crippen LogP) is 1.72. The average molecular weight is 292 g/mol. The molecule has 1 aromatic carbocycles. The van der Waals surface area contributed by atoms with Crippen molar-refractivity contribution in [2.45, 2.75) is 12.6 Å². The van der Waals surface area contributed by atoms with Gasteiger partial charge in [0.05, 0.1) is 18.8 Å². The van der Waals surface area contributed by atoms with E-state index in [0.29, 0.717) is 5.69 Å². The number of halogens is 3. The minimum atomic E-state index is -4.34. The number of rotatable bonds is 7. The number of carbonyl (C=O) groups is 1. The van der Waals surface area contributed by atoms with Crippen LogP contribution in [0.2, 0.25) is 0 Å². The summed E-state index contributed by atoms with van der Waals surface area (Å²) in [6.07, 6.45) is -4.10. The van der Waals surface area contributed by atoms with Gasteiger partial charge in [0.2, 0.25) is 0 Å². The third-order valence-electron chi connectivity index (χ3n) is 2.23. The highest BCUT2D eigenvalue weighted by Crippen LogP contribution is 2.21. The van der Waals surface area contributed by atoms with E-state index in [4.69, 9.17) is 16.2 Å². The first-order valence-electron chi connectivity index (χ1n) is 5.76. The van der Waals surface area contributed by atoms with E-state index in [2.05, 4.69) is 4.74 Å². The number of alkyl halides is 3. The Labute approximate surface area is 113 Å². The Morgan fingerprint density at radius 3 is 2.55 bits per heavy atom. The molecule has 1 amide bonds. The molecule has 0 saturated heterocycles. The van der Waals surface area contributed by atoms with Crippen molar-refractivity contribution in [3.8, 4) is 5.75 Å². The third-order valence-corrected chi connectivity index (χ3v) is 2.23. The van der Waals surface area contributed by atoms with Gasteiger partial charge in [-0.15, -0.1) is 0 Å². The van der Waals surface area contributed by atoms with E-state index in [-0.39, 0.29) is 30.9 Å². The molecule has 0 bridgehead atoms. The molecular formula is C12H15F3N2O3. The molecule has 0 heterocycles. The van der Waals surface area contributed by atoms with Gasteiger partial charge in [0.1, 0.15) is 12.4 Å². The first kappa shape index (κ1) is 16.1. The normalized spacial score (nSPS) is 11.3. The van der Waals surface area contributed by atoms with Gasteiger partial charge in [-0.2, -0.15) is 13.2 Å². The van der Waals surface area contributed by atoms with Crippen LogP contribution in [-0.4, -0.2) is 31.9 Å². The Kier molecular flexibility index (Phi) is 5.63. The monoisotopic (exact) mass is 292 g/mol. The second-order valence-corrected chi connectivity index (χ2v) is 3.99. The number of hydrogen-bond acceptors (Lipinski definition) is 4. The summed E-state index contributed by atoms with van der Waals surface area (Å²) < 4.78 is 45.1. The Balaban J connectivity index is 2.38. The average Bonchev–Trinajstić information content (AvgIpc) is 2.32. The lowest BCUT2D eigenvalue weighted by Gasteiger charge is -2.11. The smallest absolute Gasteiger partial charge is 0.411 e. The maximum Gasteiger partial charge on any atom is 0.411 e. The Morgan fingerprint density at radius 1 is 1.25 bits per heavy atom. The fraction of sp³-hybridized carbons (Fsp3) is 0.417. The van der Waals surface area contributed by atoms with Crippen molar-refractivity contribution in [1.82, 2.24) is 0 Å². The van der Waals surface area contributed by atoms with Crippen LogP contribution < -0.4 is 16.2 Å². The molecule has 0 spiro atoms. The lowest BCUT2D eigenvalue weighted by atomic mass is 10.1. The van der Waals surface area contributed by atoms with Crippen molar-refractivity contribution in [1.29, 1.82) is 0 Å². The molecule has 4 N–H and O–H groups in total. The molecule has 0 atom stereocenters. The van der Waals surface area contributed by atoms with Gasteiger partial charge >= 0.3 is 6.18 Å². The summed E-state index contributed by atoms with van der Waals surface area (Å²) in [7, 11) is 0. The van der Waals surface area contributed by atoms with E-state index in [1.54, 1.807) is 0 Å². The number of primary amides is 1. The van der Waals surface area contributed by atoms with E-state index in [1.165, 1.54) is 18.2 Å². The topological polar surface area (TPSA) is 87.6 Å². The van der Waals surface area contributed by atoms with E-state index >= 15 is 0 Å². The molecule has 0 unspecified atom stereocenters. The van der Waals surface area contributed by atoms with Crippen molar-refractivity contribution in [3.05, 3.63) is 23.8 Å². The molecule has 8 heteroatoms. The molecule has 1 rings (SSSR count). The maximum atomic E-state index is 11.8. The highest BCUT2D eigenvalue weighted by atomic mass is 19.4. The number of nitrogens with two attached hydrogens (primary N) is 2. The van der Waals surface area contributed by atoms with Gasteiger partial charge in [0.15, 0.2) is 0 Å². The first-order valence-corrected chi connectivity index (χ1v) is 5.76. The van der Waals surface area contributed by atoms with Gasteiger partial charge in [-0.1, -0.05) is 0 Å². The molecule has 0 aliphatic carbocycles. The van der Waals surface area contributed by atoms with Crippen LogP contribution in [0, 0.1) is 0 Å². The van der Waals surface area contributed by atoms with Crippen molar-refractivity contribution in [2.75, 3.05) is 25.6 Å². The Hall–Kier alpha value is -1.96. The first-order chi connectivity index (χ1) is 9.29. The molecule has 5 nitrogen and oxygen atoms in total. The van der Waals surface area contributed by atoms with Gasteiger partial charge in [-0.05, 0) is 12.1 Å². The van der Waals surface area contributed by atoms with E-state index in [0.717, 1.165) is 0 Å². The van der Waals surface area contributed by atoms with Gasteiger partial charge in [-0.25, -0.2) is 0 Å². The number of benzene rings is 1. The predicted molar refractivity (Wildman–Crippen MR) is 66.4 cm³/mol. The number of hydrogen-bond donors (Lipinski definition) is 2. The van der Waals surface area contributed by atoms with Crippen LogP contribution in [0.1, 0.15) is 16.8 Å². The molecule has 0 radical (unpaired) electrons. The molecule has 20 heavy (non-hydrogen) atoms. The van der Waals surface area contributed by atoms with Gasteiger partial charge in [0.25, 0.3) is 5.91 Å². The zero-order chi connectivity index (χ0) is 15.2. The molecular weight excluding hydrogens is 277 g/mol. The lowest BCUT2D eigenvalue weighted by Crippen LogP contribution is -2.18. The van der Waals surface area contributed by atoms with E-state index < -0.39 is 18.7 Å². The zero-order valence-corrected chi connectivity index (χ0v) is 10.6. The SMILES string of the molecule is NC(=O)c1ccc(N)cc1OCCCOCC(F)(F)F. The standard InChI is InChI=1S/C12H15F3N2O3/c13-12(14,15)7-19-4-1-5-20-10-6-8(16)2-3-9(10)11(17)18/h2-3,6H,1,4-5,7,16H2,(H2,17,18). The number of ether oxygens (including phenoxy) is 2. The lowest BCUT2D eigenvalue weighted by molar-refractivity contribution is -0.174. The van der Waals surface area contributed by atoms with Crippen LogP contribution in [-0.2, 0) is 4.74 Å². The van der Waals surface area contributed by atoms with Crippen LogP contribution in [0.15, 0.2) is 18.2 Å². The summed E-state index contributed by atoms with van der Waals surface area (Å²) in [5.74, 6) is -0.471. The summed E-state index contributed by atoms with van der Waals surface area (Å²) in [4.78, 5) is 11.1. The number of nitrogen functional groups attached to an aromatic ring is 1. The van der Waals surface area contributed by atoms with Gasteiger partial charge in [0, 0.05) is 18.2 Å². The van der Waals surface area contributed by atoms with Crippen molar-refractivity contribution >= 4 is 11.6 Å². The summed E-state index contributed by atoms with van der Waals surface area (Å²) in [6.45, 7) is -1.31. The number of amides is 1. The number of carbonyl (C=O) groups excluding carboxylic acids is 1. The molecule has 0 aromatic heterocycles. The van der Waals surface area contributed by atoms with Crippen LogP contribution in [0.5, 0.6) is 5.75 Å². The molecule has 112 valence electrons. The molecule has 0 fully saturated rings. The van der Waals surface area contributed by atoms with Crippen LogP contribution in [0.3, 0.4) is 0 Å². The largest absolute Gasteiger partial charge is 0.493 e. The second kappa shape index (κ2) is 6.99. The fourth-order valence-corrected chi connectivity index (χ4v) is 1.39. The van der Waals surface area contributed by atoms with Crippen LogP contribution in [0.4, 0.5) is 18.9 Å². The molecule has 0 aliphatic heterocycles. The van der Waals surface area contributed by atoms with Gasteiger partial charge in [-0.3, -0.25) is 4.79 Å². The van der Waals surface area contributed by atoms with Crippen LogP contribution >= 0.6 is 0 Å². The minimum absolute atomic E-state index is 0.0849. The molecule has 0 aliphatic rings. The maximum absolute atomic E-state index is 11.8.